The van der Waals surface area contributed by atoms with Crippen LogP contribution in [0.1, 0.15) is 43.1 Å². The third kappa shape index (κ3) is 4.05. The van der Waals surface area contributed by atoms with E-state index < -0.39 is 0 Å². The summed E-state index contributed by atoms with van der Waals surface area (Å²) in [7, 11) is 0. The van der Waals surface area contributed by atoms with E-state index in [1.807, 2.05) is 28.9 Å². The van der Waals surface area contributed by atoms with Crippen LogP contribution in [0.5, 0.6) is 0 Å². The molecule has 2 aromatic carbocycles. The van der Waals surface area contributed by atoms with Gasteiger partial charge in [0, 0.05) is 25.6 Å². The van der Waals surface area contributed by atoms with E-state index in [1.54, 1.807) is 0 Å². The van der Waals surface area contributed by atoms with Crippen LogP contribution < -0.4 is 4.90 Å². The van der Waals surface area contributed by atoms with Crippen LogP contribution in [0.2, 0.25) is 0 Å². The first kappa shape index (κ1) is 21.6. The maximum Gasteiger partial charge on any atom is 0.230 e. The Labute approximate surface area is 204 Å². The first-order chi connectivity index (χ1) is 16.7. The molecule has 7 nitrogen and oxygen atoms in total. The molecule has 0 N–H and O–H groups in total. The SMILES string of the molecule is Cc1ccc(-n2c(N3CCCC3)nn(CN3CCCC(c4nc5ccccc5o4)C3)c2=S)cc1. The molecule has 1 unspecified atom stereocenters. The highest BCUT2D eigenvalue weighted by molar-refractivity contribution is 7.71. The molecule has 0 aliphatic carbocycles. The van der Waals surface area contributed by atoms with Crippen molar-refractivity contribution >= 4 is 29.3 Å². The Hall–Kier alpha value is -2.97. The molecule has 6 rings (SSSR count). The van der Waals surface area contributed by atoms with Gasteiger partial charge in [0.15, 0.2) is 11.5 Å². The number of aryl methyl sites for hydroxylation is 1. The minimum atomic E-state index is 0.285. The number of para-hydroxylation sites is 2. The van der Waals surface area contributed by atoms with Crippen molar-refractivity contribution in [3.8, 4) is 5.69 Å². The molecule has 2 saturated heterocycles. The van der Waals surface area contributed by atoms with Crippen LogP contribution in [0, 0.1) is 11.7 Å². The van der Waals surface area contributed by atoms with Crippen molar-refractivity contribution in [2.45, 2.75) is 45.2 Å². The standard InChI is InChI=1S/C26H30N6OS/c1-19-10-12-21(13-11-19)32-25(30-15-4-5-16-30)28-31(26(32)34)18-29-14-6-7-20(17-29)24-27-22-8-2-3-9-23(22)33-24/h2-3,8-13,20H,4-7,14-18H2,1H3. The zero-order valence-electron chi connectivity index (χ0n) is 19.6. The molecule has 2 fully saturated rings. The number of rotatable bonds is 5. The van der Waals surface area contributed by atoms with Gasteiger partial charge in [-0.05, 0) is 75.6 Å². The molecule has 0 radical (unpaired) electrons. The monoisotopic (exact) mass is 474 g/mol. The second-order valence-corrected chi connectivity index (χ2v) is 9.89. The minimum Gasteiger partial charge on any atom is -0.440 e. The van der Waals surface area contributed by atoms with Gasteiger partial charge in [0.1, 0.15) is 5.52 Å². The highest BCUT2D eigenvalue weighted by Crippen LogP contribution is 2.30. The Bertz CT molecular complexity index is 1310. The Morgan fingerprint density at radius 2 is 1.79 bits per heavy atom. The van der Waals surface area contributed by atoms with Crippen LogP contribution in [-0.4, -0.2) is 50.4 Å². The summed E-state index contributed by atoms with van der Waals surface area (Å²) in [5.74, 6) is 2.09. The van der Waals surface area contributed by atoms with Gasteiger partial charge in [-0.3, -0.25) is 9.47 Å². The van der Waals surface area contributed by atoms with Crippen LogP contribution in [0.25, 0.3) is 16.8 Å². The second-order valence-electron chi connectivity index (χ2n) is 9.52. The number of hydrogen-bond donors (Lipinski definition) is 0. The van der Waals surface area contributed by atoms with Crippen molar-refractivity contribution in [2.24, 2.45) is 0 Å². The third-order valence-electron chi connectivity index (χ3n) is 7.00. The van der Waals surface area contributed by atoms with Crippen LogP contribution in [0.4, 0.5) is 5.95 Å². The van der Waals surface area contributed by atoms with Gasteiger partial charge in [-0.15, -0.1) is 5.10 Å². The summed E-state index contributed by atoms with van der Waals surface area (Å²) >= 11 is 5.98. The number of anilines is 1. The van der Waals surface area contributed by atoms with E-state index in [4.69, 9.17) is 26.7 Å². The third-order valence-corrected chi connectivity index (χ3v) is 7.40. The van der Waals surface area contributed by atoms with Gasteiger partial charge in [0.2, 0.25) is 10.7 Å². The summed E-state index contributed by atoms with van der Waals surface area (Å²) in [5.41, 5.74) is 4.11. The lowest BCUT2D eigenvalue weighted by Gasteiger charge is -2.30. The lowest BCUT2D eigenvalue weighted by Crippen LogP contribution is -2.36. The van der Waals surface area contributed by atoms with Gasteiger partial charge in [0.25, 0.3) is 0 Å². The highest BCUT2D eigenvalue weighted by Gasteiger charge is 2.27. The Balaban J connectivity index is 1.28. The molecule has 0 spiro atoms. The van der Waals surface area contributed by atoms with E-state index in [0.29, 0.717) is 6.67 Å². The fourth-order valence-electron chi connectivity index (χ4n) is 5.17. The molecule has 2 aromatic heterocycles. The maximum absolute atomic E-state index is 6.10. The molecular weight excluding hydrogens is 444 g/mol. The summed E-state index contributed by atoms with van der Waals surface area (Å²) in [4.78, 5) is 9.56. The number of hydrogen-bond acceptors (Lipinski definition) is 6. The lowest BCUT2D eigenvalue weighted by molar-refractivity contribution is 0.147. The molecule has 2 aliphatic heterocycles. The largest absolute Gasteiger partial charge is 0.440 e. The quantitative estimate of drug-likeness (QED) is 0.366. The van der Waals surface area contributed by atoms with E-state index in [9.17, 15) is 0 Å². The Kier molecular flexibility index (Phi) is 5.71. The van der Waals surface area contributed by atoms with Crippen molar-refractivity contribution in [3.05, 3.63) is 64.8 Å². The van der Waals surface area contributed by atoms with Crippen molar-refractivity contribution in [1.29, 1.82) is 0 Å². The summed E-state index contributed by atoms with van der Waals surface area (Å²) in [5, 5.41) is 5.04. The smallest absolute Gasteiger partial charge is 0.230 e. The summed E-state index contributed by atoms with van der Waals surface area (Å²) in [6, 6.07) is 16.6. The average molecular weight is 475 g/mol. The first-order valence-corrected chi connectivity index (χ1v) is 12.7. The molecule has 176 valence electrons. The Morgan fingerprint density at radius 3 is 2.59 bits per heavy atom. The predicted molar refractivity (Wildman–Crippen MR) is 136 cm³/mol. The molecule has 2 aliphatic rings. The van der Waals surface area contributed by atoms with Crippen molar-refractivity contribution in [1.82, 2.24) is 24.2 Å². The zero-order chi connectivity index (χ0) is 23.1. The number of nitrogens with zero attached hydrogens (tertiary/aromatic N) is 6. The highest BCUT2D eigenvalue weighted by atomic mass is 32.1. The summed E-state index contributed by atoms with van der Waals surface area (Å²) in [6.45, 7) is 6.76. The number of fused-ring (bicyclic) bond motifs is 1. The molecular formula is C26H30N6OS. The average Bonchev–Trinajstić information content (AvgIpc) is 3.60. The normalized spacial score (nSPS) is 19.3. The molecule has 4 aromatic rings. The van der Waals surface area contributed by atoms with Crippen LogP contribution >= 0.6 is 12.2 Å². The van der Waals surface area contributed by atoms with Gasteiger partial charge in [-0.25, -0.2) is 9.67 Å². The lowest BCUT2D eigenvalue weighted by atomic mass is 9.98. The van der Waals surface area contributed by atoms with Gasteiger partial charge in [-0.2, -0.15) is 0 Å². The van der Waals surface area contributed by atoms with E-state index in [-0.39, 0.29) is 5.92 Å². The maximum atomic E-state index is 6.10. The summed E-state index contributed by atoms with van der Waals surface area (Å²) < 4.78 is 11.0. The van der Waals surface area contributed by atoms with Crippen molar-refractivity contribution in [2.75, 3.05) is 31.1 Å². The van der Waals surface area contributed by atoms with Gasteiger partial charge in [0.05, 0.1) is 12.4 Å². The minimum absolute atomic E-state index is 0.285. The number of likely N-dealkylation sites (tertiary alicyclic amines) is 1. The number of benzene rings is 2. The molecule has 1 atom stereocenters. The Morgan fingerprint density at radius 1 is 1.00 bits per heavy atom. The molecule has 34 heavy (non-hydrogen) atoms. The zero-order valence-corrected chi connectivity index (χ0v) is 20.4. The van der Waals surface area contributed by atoms with Crippen LogP contribution in [0.3, 0.4) is 0 Å². The van der Waals surface area contributed by atoms with Crippen LogP contribution in [0.15, 0.2) is 52.9 Å². The first-order valence-electron chi connectivity index (χ1n) is 12.3. The molecule has 0 amide bonds. The molecule has 4 heterocycles. The van der Waals surface area contributed by atoms with Gasteiger partial charge in [-0.1, -0.05) is 29.8 Å². The second kappa shape index (κ2) is 9.00. The molecule has 0 bridgehead atoms. The number of aromatic nitrogens is 4. The molecule has 0 saturated carbocycles. The van der Waals surface area contributed by atoms with E-state index >= 15 is 0 Å². The van der Waals surface area contributed by atoms with E-state index in [0.717, 1.165) is 72.4 Å². The van der Waals surface area contributed by atoms with Crippen molar-refractivity contribution in [3.63, 3.8) is 0 Å². The van der Waals surface area contributed by atoms with Gasteiger partial charge >= 0.3 is 0 Å². The van der Waals surface area contributed by atoms with Gasteiger partial charge < -0.3 is 9.32 Å². The molecule has 8 heteroatoms. The fraction of sp³-hybridized carbons (Fsp3) is 0.423. The number of piperidine rings is 1. The predicted octanol–water partition coefficient (Wildman–Crippen LogP) is 5.29. The van der Waals surface area contributed by atoms with E-state index in [1.165, 1.54) is 18.4 Å². The number of oxazole rings is 1. The fourth-order valence-corrected chi connectivity index (χ4v) is 5.46. The summed E-state index contributed by atoms with van der Waals surface area (Å²) in [6.07, 6.45) is 4.59. The van der Waals surface area contributed by atoms with Crippen molar-refractivity contribution < 1.29 is 4.42 Å². The van der Waals surface area contributed by atoms with Crippen LogP contribution in [-0.2, 0) is 6.67 Å². The van der Waals surface area contributed by atoms with E-state index in [2.05, 4.69) is 45.6 Å². The topological polar surface area (TPSA) is 55.3 Å².